The topological polar surface area (TPSA) is 12.0 Å². The van der Waals surface area contributed by atoms with E-state index in [-0.39, 0.29) is 0 Å². The van der Waals surface area contributed by atoms with Gasteiger partial charge in [0.25, 0.3) is 0 Å². The Bertz CT molecular complexity index is 408. The van der Waals surface area contributed by atoms with Crippen molar-refractivity contribution in [3.05, 3.63) is 32.5 Å². The molecule has 0 bridgehead atoms. The fraction of sp³-hybridized carbons (Fsp3) is 0.571. The summed E-state index contributed by atoms with van der Waals surface area (Å²) in [6, 6.07) is 0.319. The lowest BCUT2D eigenvalue weighted by molar-refractivity contribution is 0.636. The molecule has 0 aliphatic heterocycles. The number of allylic oxidation sites excluding steroid dienone is 1. The first kappa shape index (κ1) is 13.1. The van der Waals surface area contributed by atoms with Crippen molar-refractivity contribution in [3.63, 3.8) is 0 Å². The van der Waals surface area contributed by atoms with Gasteiger partial charge in [0.05, 0.1) is 11.1 Å². The number of hydrogen-bond donors (Lipinski definition) is 1. The van der Waals surface area contributed by atoms with Crippen molar-refractivity contribution >= 4 is 22.9 Å². The normalized spacial score (nSPS) is 18.6. The van der Waals surface area contributed by atoms with E-state index in [0.717, 1.165) is 5.02 Å². The molecule has 1 aromatic heterocycles. The minimum absolute atomic E-state index is 0.319. The zero-order valence-corrected chi connectivity index (χ0v) is 12.1. The molecular weight excluding hydrogens is 250 g/mol. The Kier molecular flexibility index (Phi) is 4.66. The molecule has 0 spiro atoms. The standard InChI is InChI=1S/C14H20ClNS/c1-10-9-17-14(12(10)15)13(16-2)11-7-5-3-4-6-8-11/h7,9,13,16H,3-6,8H2,1-2H3. The van der Waals surface area contributed by atoms with E-state index >= 15 is 0 Å². The predicted molar refractivity (Wildman–Crippen MR) is 77.0 cm³/mol. The number of aryl methyl sites for hydroxylation is 1. The van der Waals surface area contributed by atoms with Gasteiger partial charge in [0.2, 0.25) is 0 Å². The second-order valence-corrected chi connectivity index (χ2v) is 5.99. The van der Waals surface area contributed by atoms with Crippen LogP contribution in [0.25, 0.3) is 0 Å². The molecule has 3 heteroatoms. The molecule has 0 saturated carbocycles. The van der Waals surface area contributed by atoms with Crippen LogP contribution in [-0.4, -0.2) is 7.05 Å². The van der Waals surface area contributed by atoms with E-state index in [1.165, 1.54) is 48.1 Å². The summed E-state index contributed by atoms with van der Waals surface area (Å²) in [6.45, 7) is 2.08. The highest BCUT2D eigenvalue weighted by Crippen LogP contribution is 2.38. The van der Waals surface area contributed by atoms with Crippen molar-refractivity contribution in [3.8, 4) is 0 Å². The van der Waals surface area contributed by atoms with Gasteiger partial charge in [0.1, 0.15) is 0 Å². The number of thiophene rings is 1. The molecule has 0 amide bonds. The Morgan fingerprint density at radius 1 is 1.35 bits per heavy atom. The van der Waals surface area contributed by atoms with Gasteiger partial charge < -0.3 is 5.32 Å². The zero-order chi connectivity index (χ0) is 12.3. The van der Waals surface area contributed by atoms with Crippen molar-refractivity contribution in [2.24, 2.45) is 0 Å². The van der Waals surface area contributed by atoms with Gasteiger partial charge in [0, 0.05) is 4.88 Å². The molecule has 0 saturated heterocycles. The maximum atomic E-state index is 6.39. The number of nitrogens with one attached hydrogen (secondary N) is 1. The summed E-state index contributed by atoms with van der Waals surface area (Å²) in [5, 5.41) is 6.52. The van der Waals surface area contributed by atoms with Gasteiger partial charge in [-0.15, -0.1) is 11.3 Å². The van der Waals surface area contributed by atoms with Gasteiger partial charge in [-0.25, -0.2) is 0 Å². The van der Waals surface area contributed by atoms with Crippen LogP contribution < -0.4 is 5.32 Å². The van der Waals surface area contributed by atoms with Crippen LogP contribution in [0.1, 0.15) is 48.6 Å². The highest BCUT2D eigenvalue weighted by atomic mass is 35.5. The number of hydrogen-bond acceptors (Lipinski definition) is 2. The van der Waals surface area contributed by atoms with Gasteiger partial charge in [0.15, 0.2) is 0 Å². The molecule has 1 N–H and O–H groups in total. The monoisotopic (exact) mass is 269 g/mol. The molecule has 94 valence electrons. The maximum absolute atomic E-state index is 6.39. The molecule has 0 aromatic carbocycles. The summed E-state index contributed by atoms with van der Waals surface area (Å²) in [7, 11) is 2.03. The van der Waals surface area contributed by atoms with E-state index in [4.69, 9.17) is 11.6 Å². The molecule has 1 nitrogen and oxygen atoms in total. The second-order valence-electron chi connectivity index (χ2n) is 4.70. The summed E-state index contributed by atoms with van der Waals surface area (Å²) in [4.78, 5) is 1.28. The van der Waals surface area contributed by atoms with Gasteiger partial charge >= 0.3 is 0 Å². The summed E-state index contributed by atoms with van der Waals surface area (Å²) in [5.74, 6) is 0. The van der Waals surface area contributed by atoms with Crippen LogP contribution in [0, 0.1) is 6.92 Å². The van der Waals surface area contributed by atoms with Crippen molar-refractivity contribution < 1.29 is 0 Å². The van der Waals surface area contributed by atoms with Crippen LogP contribution in [0.4, 0.5) is 0 Å². The van der Waals surface area contributed by atoms with E-state index in [0.29, 0.717) is 6.04 Å². The van der Waals surface area contributed by atoms with Crippen molar-refractivity contribution in [2.45, 2.75) is 45.1 Å². The number of likely N-dealkylation sites (N-methyl/N-ethyl adjacent to an activating group) is 1. The third kappa shape index (κ3) is 2.93. The van der Waals surface area contributed by atoms with Crippen LogP contribution in [0.2, 0.25) is 5.02 Å². The smallest absolute Gasteiger partial charge is 0.0643 e. The molecule has 0 fully saturated rings. The van der Waals surface area contributed by atoms with Crippen molar-refractivity contribution in [1.29, 1.82) is 0 Å². The fourth-order valence-electron chi connectivity index (χ4n) is 2.43. The summed E-state index contributed by atoms with van der Waals surface area (Å²) >= 11 is 8.16. The average Bonchev–Trinajstić information content (AvgIpc) is 2.59. The Morgan fingerprint density at radius 3 is 2.82 bits per heavy atom. The molecular formula is C14H20ClNS. The lowest BCUT2D eigenvalue weighted by Crippen LogP contribution is -2.18. The lowest BCUT2D eigenvalue weighted by atomic mass is 10.0. The first-order valence-corrected chi connectivity index (χ1v) is 7.59. The molecule has 17 heavy (non-hydrogen) atoms. The quantitative estimate of drug-likeness (QED) is 0.773. The minimum Gasteiger partial charge on any atom is -0.309 e. The highest BCUT2D eigenvalue weighted by Gasteiger charge is 2.20. The van der Waals surface area contributed by atoms with Crippen LogP contribution in [0.15, 0.2) is 17.0 Å². The summed E-state index contributed by atoms with van der Waals surface area (Å²) < 4.78 is 0. The lowest BCUT2D eigenvalue weighted by Gasteiger charge is -2.19. The van der Waals surface area contributed by atoms with Crippen molar-refractivity contribution in [1.82, 2.24) is 5.32 Å². The van der Waals surface area contributed by atoms with E-state index in [2.05, 4.69) is 23.7 Å². The third-order valence-electron chi connectivity index (χ3n) is 3.42. The molecule has 1 unspecified atom stereocenters. The third-order valence-corrected chi connectivity index (χ3v) is 5.20. The van der Waals surface area contributed by atoms with Crippen LogP contribution in [0.5, 0.6) is 0 Å². The largest absolute Gasteiger partial charge is 0.309 e. The molecule has 1 aliphatic carbocycles. The first-order valence-electron chi connectivity index (χ1n) is 6.33. The number of halogens is 1. The molecule has 1 aliphatic rings. The van der Waals surface area contributed by atoms with Crippen LogP contribution in [0.3, 0.4) is 0 Å². The number of rotatable bonds is 3. The summed E-state index contributed by atoms with van der Waals surface area (Å²) in [6.07, 6.45) is 8.84. The van der Waals surface area contributed by atoms with E-state index in [9.17, 15) is 0 Å². The minimum atomic E-state index is 0.319. The SMILES string of the molecule is CNC(C1=CCCCCC1)c1scc(C)c1Cl. The second kappa shape index (κ2) is 6.03. The first-order chi connectivity index (χ1) is 8.24. The van der Waals surface area contributed by atoms with Crippen molar-refractivity contribution in [2.75, 3.05) is 7.05 Å². The van der Waals surface area contributed by atoms with E-state index in [1.807, 2.05) is 7.05 Å². The Morgan fingerprint density at radius 2 is 2.18 bits per heavy atom. The molecule has 1 atom stereocenters. The molecule has 1 aromatic rings. The predicted octanol–water partition coefficient (Wildman–Crippen LogP) is 4.86. The van der Waals surface area contributed by atoms with Crippen LogP contribution in [-0.2, 0) is 0 Å². The van der Waals surface area contributed by atoms with Gasteiger partial charge in [-0.1, -0.05) is 29.7 Å². The van der Waals surface area contributed by atoms with Gasteiger partial charge in [-0.05, 0) is 50.6 Å². The summed E-state index contributed by atoms with van der Waals surface area (Å²) in [5.41, 5.74) is 2.72. The van der Waals surface area contributed by atoms with Crippen LogP contribution >= 0.6 is 22.9 Å². The zero-order valence-electron chi connectivity index (χ0n) is 10.6. The molecule has 2 rings (SSSR count). The molecule has 0 radical (unpaired) electrons. The van der Waals surface area contributed by atoms with Gasteiger partial charge in [-0.3, -0.25) is 0 Å². The Balaban J connectivity index is 2.26. The average molecular weight is 270 g/mol. The fourth-order valence-corrected chi connectivity index (χ4v) is 3.88. The van der Waals surface area contributed by atoms with E-state index < -0.39 is 0 Å². The maximum Gasteiger partial charge on any atom is 0.0643 e. The van der Waals surface area contributed by atoms with Gasteiger partial charge in [-0.2, -0.15) is 0 Å². The highest BCUT2D eigenvalue weighted by molar-refractivity contribution is 7.10. The van der Waals surface area contributed by atoms with E-state index in [1.54, 1.807) is 11.3 Å². The Hall–Kier alpha value is -0.310. The Labute approximate surface area is 113 Å². The molecule has 1 heterocycles.